The molecule has 0 N–H and O–H groups in total. The number of aromatic nitrogens is 3. The number of rotatable bonds is 10. The number of carbonyl (C=O) groups is 2. The third-order valence-electron chi connectivity index (χ3n) is 4.90. The first kappa shape index (κ1) is 20.9. The van der Waals surface area contributed by atoms with Gasteiger partial charge in [-0.1, -0.05) is 17.3 Å². The fourth-order valence-electron chi connectivity index (χ4n) is 3.09. The minimum atomic E-state index is -0.297. The van der Waals surface area contributed by atoms with Crippen molar-refractivity contribution in [3.63, 3.8) is 0 Å². The standard InChI is InChI=1S/C21H26N4O4/c1-15-10-18(11-16(2)17(15)3)12-24-13-19(22-23-24)14-29-9-8-28-7-6-25-20(26)4-5-21(25)27/h4-5,10-11,13H,6-9,12,14H2,1-3H3. The van der Waals surface area contributed by atoms with E-state index in [1.54, 1.807) is 4.68 Å². The molecule has 1 aliphatic heterocycles. The Morgan fingerprint density at radius 1 is 0.931 bits per heavy atom. The number of aryl methyl sites for hydroxylation is 2. The fraction of sp³-hybridized carbons (Fsp3) is 0.429. The fourth-order valence-corrected chi connectivity index (χ4v) is 3.09. The molecule has 154 valence electrons. The van der Waals surface area contributed by atoms with Crippen LogP contribution in [0, 0.1) is 20.8 Å². The summed E-state index contributed by atoms with van der Waals surface area (Å²) in [5.74, 6) is -0.595. The zero-order valence-corrected chi connectivity index (χ0v) is 17.1. The smallest absolute Gasteiger partial charge is 0.253 e. The van der Waals surface area contributed by atoms with E-state index in [4.69, 9.17) is 9.47 Å². The van der Waals surface area contributed by atoms with Crippen molar-refractivity contribution in [3.05, 3.63) is 58.4 Å². The summed E-state index contributed by atoms with van der Waals surface area (Å²) in [7, 11) is 0. The zero-order chi connectivity index (χ0) is 20.8. The second kappa shape index (κ2) is 9.58. The molecular formula is C21H26N4O4. The van der Waals surface area contributed by atoms with Crippen molar-refractivity contribution < 1.29 is 19.1 Å². The highest BCUT2D eigenvalue weighted by Crippen LogP contribution is 2.16. The van der Waals surface area contributed by atoms with E-state index < -0.39 is 0 Å². The van der Waals surface area contributed by atoms with Crippen LogP contribution in [0.15, 0.2) is 30.5 Å². The van der Waals surface area contributed by atoms with Crippen LogP contribution in [0.3, 0.4) is 0 Å². The molecule has 3 rings (SSSR count). The number of ether oxygens (including phenoxy) is 2. The Morgan fingerprint density at radius 3 is 2.28 bits per heavy atom. The molecule has 8 heteroatoms. The summed E-state index contributed by atoms with van der Waals surface area (Å²) in [5, 5.41) is 8.30. The van der Waals surface area contributed by atoms with E-state index in [1.165, 1.54) is 34.4 Å². The van der Waals surface area contributed by atoms with Gasteiger partial charge in [0.25, 0.3) is 11.8 Å². The molecule has 2 heterocycles. The molecule has 1 aromatic heterocycles. The van der Waals surface area contributed by atoms with Gasteiger partial charge in [0.2, 0.25) is 0 Å². The minimum absolute atomic E-state index is 0.247. The van der Waals surface area contributed by atoms with Crippen LogP contribution in [0.25, 0.3) is 0 Å². The van der Waals surface area contributed by atoms with Crippen molar-refractivity contribution >= 4 is 11.8 Å². The van der Waals surface area contributed by atoms with E-state index >= 15 is 0 Å². The Morgan fingerprint density at radius 2 is 1.59 bits per heavy atom. The Hall–Kier alpha value is -2.84. The normalized spacial score (nSPS) is 13.7. The summed E-state index contributed by atoms with van der Waals surface area (Å²) in [6.07, 6.45) is 4.41. The first-order valence-corrected chi connectivity index (χ1v) is 9.59. The van der Waals surface area contributed by atoms with Gasteiger partial charge < -0.3 is 9.47 Å². The van der Waals surface area contributed by atoms with Crippen LogP contribution < -0.4 is 0 Å². The maximum atomic E-state index is 11.4. The second-order valence-electron chi connectivity index (χ2n) is 7.09. The molecule has 0 spiro atoms. The van der Waals surface area contributed by atoms with Crippen molar-refractivity contribution in [1.29, 1.82) is 0 Å². The van der Waals surface area contributed by atoms with Crippen LogP contribution >= 0.6 is 0 Å². The van der Waals surface area contributed by atoms with E-state index in [-0.39, 0.29) is 25.0 Å². The molecule has 1 aromatic carbocycles. The Bertz CT molecular complexity index is 878. The van der Waals surface area contributed by atoms with Gasteiger partial charge in [0.05, 0.1) is 45.7 Å². The molecule has 0 atom stereocenters. The van der Waals surface area contributed by atoms with Gasteiger partial charge in [-0.2, -0.15) is 0 Å². The molecule has 0 fully saturated rings. The molecule has 0 aliphatic carbocycles. The Balaban J connectivity index is 1.33. The summed E-state index contributed by atoms with van der Waals surface area (Å²) < 4.78 is 12.8. The number of nitrogens with zero attached hydrogens (tertiary/aromatic N) is 4. The van der Waals surface area contributed by atoms with Crippen LogP contribution in [0.4, 0.5) is 0 Å². The molecule has 29 heavy (non-hydrogen) atoms. The van der Waals surface area contributed by atoms with Crippen molar-refractivity contribution in [3.8, 4) is 0 Å². The van der Waals surface area contributed by atoms with E-state index in [2.05, 4.69) is 43.2 Å². The van der Waals surface area contributed by atoms with Gasteiger partial charge in [-0.25, -0.2) is 4.68 Å². The molecule has 2 aromatic rings. The maximum Gasteiger partial charge on any atom is 0.253 e. The van der Waals surface area contributed by atoms with Gasteiger partial charge in [-0.3, -0.25) is 14.5 Å². The summed E-state index contributed by atoms with van der Waals surface area (Å²) in [6.45, 7) is 8.68. The zero-order valence-electron chi connectivity index (χ0n) is 17.1. The SMILES string of the molecule is Cc1cc(Cn2cc(COCCOCCN3C(=O)C=CC3=O)nn2)cc(C)c1C. The predicted molar refractivity (Wildman–Crippen MR) is 106 cm³/mol. The molecule has 0 saturated carbocycles. The number of carbonyl (C=O) groups excluding carboxylic acids is 2. The average Bonchev–Trinajstić information content (AvgIpc) is 3.25. The van der Waals surface area contributed by atoms with E-state index in [0.717, 1.165) is 10.6 Å². The lowest BCUT2D eigenvalue weighted by Gasteiger charge is -2.13. The topological polar surface area (TPSA) is 86.5 Å². The number of hydrogen-bond acceptors (Lipinski definition) is 6. The van der Waals surface area contributed by atoms with Gasteiger partial charge in [-0.05, 0) is 43.0 Å². The van der Waals surface area contributed by atoms with Crippen molar-refractivity contribution in [2.45, 2.75) is 33.9 Å². The lowest BCUT2D eigenvalue weighted by atomic mass is 10.0. The number of hydrogen-bond donors (Lipinski definition) is 0. The molecule has 8 nitrogen and oxygen atoms in total. The largest absolute Gasteiger partial charge is 0.377 e. The highest BCUT2D eigenvalue weighted by molar-refractivity contribution is 6.12. The molecule has 2 amide bonds. The van der Waals surface area contributed by atoms with E-state index in [9.17, 15) is 9.59 Å². The highest BCUT2D eigenvalue weighted by atomic mass is 16.5. The molecule has 0 unspecified atom stereocenters. The third-order valence-corrected chi connectivity index (χ3v) is 4.90. The number of benzene rings is 1. The summed E-state index contributed by atoms with van der Waals surface area (Å²) >= 11 is 0. The van der Waals surface area contributed by atoms with Crippen LogP contribution in [0.2, 0.25) is 0 Å². The van der Waals surface area contributed by atoms with Crippen LogP contribution in [0.1, 0.15) is 27.9 Å². The number of amides is 2. The lowest BCUT2D eigenvalue weighted by molar-refractivity contribution is -0.137. The van der Waals surface area contributed by atoms with E-state index in [1.807, 2.05) is 6.20 Å². The van der Waals surface area contributed by atoms with Crippen molar-refractivity contribution in [1.82, 2.24) is 19.9 Å². The highest BCUT2D eigenvalue weighted by Gasteiger charge is 2.22. The van der Waals surface area contributed by atoms with Crippen molar-refractivity contribution in [2.75, 3.05) is 26.4 Å². The third kappa shape index (κ3) is 5.58. The Kier molecular flexibility index (Phi) is 6.90. The summed E-state index contributed by atoms with van der Waals surface area (Å²) in [6, 6.07) is 4.35. The summed E-state index contributed by atoms with van der Waals surface area (Å²) in [4.78, 5) is 23.9. The minimum Gasteiger partial charge on any atom is -0.377 e. The van der Waals surface area contributed by atoms with Gasteiger partial charge in [-0.15, -0.1) is 5.10 Å². The van der Waals surface area contributed by atoms with Crippen molar-refractivity contribution in [2.24, 2.45) is 0 Å². The first-order valence-electron chi connectivity index (χ1n) is 9.59. The average molecular weight is 398 g/mol. The summed E-state index contributed by atoms with van der Waals surface area (Å²) in [5.41, 5.74) is 5.82. The molecule has 0 radical (unpaired) electrons. The monoisotopic (exact) mass is 398 g/mol. The van der Waals surface area contributed by atoms with Gasteiger partial charge in [0.15, 0.2) is 0 Å². The predicted octanol–water partition coefficient (Wildman–Crippen LogP) is 1.71. The maximum absolute atomic E-state index is 11.4. The lowest BCUT2D eigenvalue weighted by Crippen LogP contribution is -2.33. The second-order valence-corrected chi connectivity index (χ2v) is 7.09. The van der Waals surface area contributed by atoms with E-state index in [0.29, 0.717) is 26.4 Å². The molecule has 0 bridgehead atoms. The van der Waals surface area contributed by atoms with Crippen LogP contribution in [-0.4, -0.2) is 58.1 Å². The van der Waals surface area contributed by atoms with Crippen LogP contribution in [0.5, 0.6) is 0 Å². The van der Waals surface area contributed by atoms with Gasteiger partial charge in [0.1, 0.15) is 5.69 Å². The van der Waals surface area contributed by atoms with Gasteiger partial charge >= 0.3 is 0 Å². The first-order chi connectivity index (χ1) is 13.9. The van der Waals surface area contributed by atoms with Crippen LogP contribution in [-0.2, 0) is 32.2 Å². The quantitative estimate of drug-likeness (QED) is 0.447. The van der Waals surface area contributed by atoms with Gasteiger partial charge in [0, 0.05) is 12.2 Å². The molecular weight excluding hydrogens is 372 g/mol. The molecule has 1 aliphatic rings. The molecule has 0 saturated heterocycles. The Labute approximate surface area is 170 Å². The number of imide groups is 1.